The molecule has 0 aliphatic rings. The third kappa shape index (κ3) is 4.69. The van der Waals surface area contributed by atoms with Crippen molar-refractivity contribution < 1.29 is 4.79 Å². The van der Waals surface area contributed by atoms with Crippen molar-refractivity contribution in [1.29, 1.82) is 0 Å². The Balaban J connectivity index is 2.01. The number of rotatable bonds is 9. The van der Waals surface area contributed by atoms with Crippen LogP contribution in [0.4, 0.5) is 5.82 Å². The molecule has 144 valence electrons. The molecule has 0 saturated heterocycles. The fourth-order valence-corrected chi connectivity index (χ4v) is 3.11. The molecule has 0 saturated carbocycles. The number of amides is 1. The minimum atomic E-state index is -0.0875. The van der Waals surface area contributed by atoms with Crippen LogP contribution in [-0.4, -0.2) is 63.7 Å². The van der Waals surface area contributed by atoms with E-state index in [-0.39, 0.29) is 18.0 Å². The highest BCUT2D eigenvalue weighted by atomic mass is 16.2. The number of fused-ring (bicyclic) bond motifs is 1. The summed E-state index contributed by atoms with van der Waals surface area (Å²) in [5.41, 5.74) is 1.60. The number of aryl methyl sites for hydroxylation is 1. The van der Waals surface area contributed by atoms with E-state index in [9.17, 15) is 4.79 Å². The van der Waals surface area contributed by atoms with Crippen molar-refractivity contribution in [3.8, 4) is 0 Å². The molecule has 1 amide bonds. The van der Waals surface area contributed by atoms with Crippen LogP contribution in [0.25, 0.3) is 11.0 Å². The zero-order chi connectivity index (χ0) is 19.3. The Kier molecular flexibility index (Phi) is 6.90. The second-order valence-electron chi connectivity index (χ2n) is 7.23. The van der Waals surface area contributed by atoms with Crippen LogP contribution in [0.3, 0.4) is 0 Å². The van der Waals surface area contributed by atoms with E-state index in [4.69, 9.17) is 0 Å². The standard InChI is InChI=1S/C18H31N7O/c1-7-14(25(5)6)18(26)19-9-8-13(11(2)3)22-16-15-12(4)23-24-17(15)21-10-20-16/h10-11,13-14H,7-9H2,1-6H3,(H,19,26)(H2,20,21,22,23,24)/t13-,14+/m1/s1. The molecule has 2 aromatic heterocycles. The Morgan fingerprint density at radius 2 is 2.04 bits per heavy atom. The van der Waals surface area contributed by atoms with Gasteiger partial charge in [-0.3, -0.25) is 14.8 Å². The smallest absolute Gasteiger partial charge is 0.237 e. The largest absolute Gasteiger partial charge is 0.366 e. The number of hydrogen-bond donors (Lipinski definition) is 3. The van der Waals surface area contributed by atoms with E-state index in [1.54, 1.807) is 0 Å². The van der Waals surface area contributed by atoms with Crippen molar-refractivity contribution in [1.82, 2.24) is 30.4 Å². The number of hydrogen-bond acceptors (Lipinski definition) is 6. The summed E-state index contributed by atoms with van der Waals surface area (Å²) >= 11 is 0. The number of carbonyl (C=O) groups is 1. The number of likely N-dealkylation sites (N-methyl/N-ethyl adjacent to an activating group) is 1. The topological polar surface area (TPSA) is 98.8 Å². The molecule has 0 radical (unpaired) electrons. The third-order valence-electron chi connectivity index (χ3n) is 4.73. The van der Waals surface area contributed by atoms with Crippen LogP contribution in [0, 0.1) is 12.8 Å². The molecule has 0 spiro atoms. The second kappa shape index (κ2) is 8.93. The molecular formula is C18H31N7O. The summed E-state index contributed by atoms with van der Waals surface area (Å²) in [6.07, 6.45) is 3.13. The number of nitrogens with zero attached hydrogens (tertiary/aromatic N) is 4. The minimum Gasteiger partial charge on any atom is -0.366 e. The van der Waals surface area contributed by atoms with Crippen LogP contribution in [0.5, 0.6) is 0 Å². The van der Waals surface area contributed by atoms with Crippen molar-refractivity contribution in [3.05, 3.63) is 12.0 Å². The molecule has 0 unspecified atom stereocenters. The minimum absolute atomic E-state index is 0.0788. The Bertz CT molecular complexity index is 725. The van der Waals surface area contributed by atoms with E-state index in [1.807, 2.05) is 32.8 Å². The molecule has 2 heterocycles. The van der Waals surface area contributed by atoms with Crippen molar-refractivity contribution in [2.24, 2.45) is 5.92 Å². The van der Waals surface area contributed by atoms with Crippen LogP contribution < -0.4 is 10.6 Å². The Morgan fingerprint density at radius 1 is 1.31 bits per heavy atom. The SMILES string of the molecule is CC[C@@H](C(=O)NCC[C@@H](Nc1ncnc2n[nH]c(C)c12)C(C)C)N(C)C. The first kappa shape index (κ1) is 20.1. The summed E-state index contributed by atoms with van der Waals surface area (Å²) in [7, 11) is 3.86. The number of aromatic nitrogens is 4. The number of aromatic amines is 1. The maximum Gasteiger partial charge on any atom is 0.237 e. The van der Waals surface area contributed by atoms with Crippen molar-refractivity contribution in [3.63, 3.8) is 0 Å². The number of carbonyl (C=O) groups excluding carboxylic acids is 1. The molecule has 0 aliphatic heterocycles. The van der Waals surface area contributed by atoms with Gasteiger partial charge in [-0.15, -0.1) is 0 Å². The maximum atomic E-state index is 12.3. The highest BCUT2D eigenvalue weighted by molar-refractivity contribution is 5.88. The van der Waals surface area contributed by atoms with Gasteiger partial charge in [-0.05, 0) is 39.8 Å². The molecule has 0 fully saturated rings. The van der Waals surface area contributed by atoms with Crippen LogP contribution in [0.15, 0.2) is 6.33 Å². The lowest BCUT2D eigenvalue weighted by Gasteiger charge is -2.25. The summed E-state index contributed by atoms with van der Waals surface area (Å²) < 4.78 is 0. The molecule has 2 aromatic rings. The summed E-state index contributed by atoms with van der Waals surface area (Å²) in [6, 6.07) is 0.0951. The molecule has 8 nitrogen and oxygen atoms in total. The van der Waals surface area contributed by atoms with Crippen LogP contribution in [0.2, 0.25) is 0 Å². The first-order valence-electron chi connectivity index (χ1n) is 9.21. The monoisotopic (exact) mass is 361 g/mol. The fraction of sp³-hybridized carbons (Fsp3) is 0.667. The van der Waals surface area contributed by atoms with Gasteiger partial charge >= 0.3 is 0 Å². The Morgan fingerprint density at radius 3 is 2.65 bits per heavy atom. The Hall–Kier alpha value is -2.22. The number of H-pyrrole nitrogens is 1. The highest BCUT2D eigenvalue weighted by Gasteiger charge is 2.20. The molecule has 3 N–H and O–H groups in total. The summed E-state index contributed by atoms with van der Waals surface area (Å²) in [5.74, 6) is 1.25. The zero-order valence-electron chi connectivity index (χ0n) is 16.6. The predicted molar refractivity (Wildman–Crippen MR) is 104 cm³/mol. The zero-order valence-corrected chi connectivity index (χ0v) is 16.6. The fourth-order valence-electron chi connectivity index (χ4n) is 3.11. The normalized spacial score (nSPS) is 14.0. The predicted octanol–water partition coefficient (Wildman–Crippen LogP) is 1.94. The average molecular weight is 361 g/mol. The van der Waals surface area contributed by atoms with Gasteiger partial charge in [0.25, 0.3) is 0 Å². The van der Waals surface area contributed by atoms with E-state index < -0.39 is 0 Å². The lowest BCUT2D eigenvalue weighted by molar-refractivity contribution is -0.125. The summed E-state index contributed by atoms with van der Waals surface area (Å²) in [5, 5.41) is 14.6. The molecule has 0 aromatic carbocycles. The first-order valence-corrected chi connectivity index (χ1v) is 9.21. The lowest BCUT2D eigenvalue weighted by atomic mass is 10.0. The number of nitrogens with one attached hydrogen (secondary N) is 3. The van der Waals surface area contributed by atoms with E-state index >= 15 is 0 Å². The van der Waals surface area contributed by atoms with E-state index in [0.717, 1.165) is 29.7 Å². The van der Waals surface area contributed by atoms with Crippen molar-refractivity contribution in [2.75, 3.05) is 26.0 Å². The second-order valence-corrected chi connectivity index (χ2v) is 7.23. The van der Waals surface area contributed by atoms with Gasteiger partial charge in [-0.2, -0.15) is 5.10 Å². The van der Waals surface area contributed by atoms with Crippen molar-refractivity contribution >= 4 is 22.8 Å². The van der Waals surface area contributed by atoms with E-state index in [1.165, 1.54) is 6.33 Å². The third-order valence-corrected chi connectivity index (χ3v) is 4.73. The van der Waals surface area contributed by atoms with Gasteiger partial charge in [0, 0.05) is 18.3 Å². The molecular weight excluding hydrogens is 330 g/mol. The molecule has 26 heavy (non-hydrogen) atoms. The van der Waals surface area contributed by atoms with E-state index in [0.29, 0.717) is 18.1 Å². The van der Waals surface area contributed by atoms with Gasteiger partial charge in [0.05, 0.1) is 11.4 Å². The van der Waals surface area contributed by atoms with Crippen LogP contribution in [0.1, 0.15) is 39.3 Å². The van der Waals surface area contributed by atoms with Crippen LogP contribution >= 0.6 is 0 Å². The molecule has 0 aliphatic carbocycles. The van der Waals surface area contributed by atoms with E-state index in [2.05, 4.69) is 44.6 Å². The highest BCUT2D eigenvalue weighted by Crippen LogP contribution is 2.23. The van der Waals surface area contributed by atoms with Gasteiger partial charge in [0.2, 0.25) is 5.91 Å². The summed E-state index contributed by atoms with van der Waals surface area (Å²) in [6.45, 7) is 8.93. The first-order chi connectivity index (χ1) is 12.3. The quantitative estimate of drug-likeness (QED) is 0.631. The number of anilines is 1. The van der Waals surface area contributed by atoms with Gasteiger partial charge in [-0.1, -0.05) is 20.8 Å². The van der Waals surface area contributed by atoms with Gasteiger partial charge in [0.15, 0.2) is 5.65 Å². The maximum absolute atomic E-state index is 12.3. The summed E-state index contributed by atoms with van der Waals surface area (Å²) in [4.78, 5) is 22.8. The molecule has 2 atom stereocenters. The molecule has 0 bridgehead atoms. The van der Waals surface area contributed by atoms with Crippen LogP contribution in [-0.2, 0) is 4.79 Å². The van der Waals surface area contributed by atoms with Gasteiger partial charge < -0.3 is 10.6 Å². The van der Waals surface area contributed by atoms with Crippen molar-refractivity contribution in [2.45, 2.75) is 52.6 Å². The average Bonchev–Trinajstić information content (AvgIpc) is 2.96. The lowest BCUT2D eigenvalue weighted by Crippen LogP contribution is -2.44. The molecule has 2 rings (SSSR count). The van der Waals surface area contributed by atoms with Gasteiger partial charge in [0.1, 0.15) is 12.1 Å². The van der Waals surface area contributed by atoms with Gasteiger partial charge in [-0.25, -0.2) is 9.97 Å². The molecule has 8 heteroatoms. The Labute approximate surface area is 155 Å².